The van der Waals surface area contributed by atoms with Crippen molar-refractivity contribution in [3.05, 3.63) is 70.2 Å². The second kappa shape index (κ2) is 5.84. The summed E-state index contributed by atoms with van der Waals surface area (Å²) in [7, 11) is 0. The molecule has 3 rings (SSSR count). The SMILES string of the molecule is O=C(/C=C/c1ccc(Br)cc1)C1Oc2ccccc2C1O. The van der Waals surface area contributed by atoms with Gasteiger partial charge in [0.25, 0.3) is 0 Å². The smallest absolute Gasteiger partial charge is 0.199 e. The minimum Gasteiger partial charge on any atom is -0.479 e. The van der Waals surface area contributed by atoms with Gasteiger partial charge in [-0.05, 0) is 29.8 Å². The van der Waals surface area contributed by atoms with Gasteiger partial charge in [-0.3, -0.25) is 4.79 Å². The van der Waals surface area contributed by atoms with Crippen LogP contribution >= 0.6 is 15.9 Å². The van der Waals surface area contributed by atoms with Crippen molar-refractivity contribution in [2.45, 2.75) is 12.2 Å². The normalized spacial score (nSPS) is 20.3. The first-order valence-corrected chi connectivity index (χ1v) is 7.35. The summed E-state index contributed by atoms with van der Waals surface area (Å²) in [6, 6.07) is 14.8. The largest absolute Gasteiger partial charge is 0.479 e. The number of ketones is 1. The highest BCUT2D eigenvalue weighted by atomic mass is 79.9. The van der Waals surface area contributed by atoms with E-state index in [-0.39, 0.29) is 5.78 Å². The molecule has 21 heavy (non-hydrogen) atoms. The third-order valence-corrected chi connectivity index (χ3v) is 3.90. The van der Waals surface area contributed by atoms with Crippen molar-refractivity contribution in [3.8, 4) is 5.75 Å². The van der Waals surface area contributed by atoms with Crippen LogP contribution < -0.4 is 4.74 Å². The van der Waals surface area contributed by atoms with Gasteiger partial charge in [0.1, 0.15) is 11.9 Å². The van der Waals surface area contributed by atoms with E-state index < -0.39 is 12.2 Å². The minimum absolute atomic E-state index is 0.249. The van der Waals surface area contributed by atoms with Crippen molar-refractivity contribution < 1.29 is 14.6 Å². The Balaban J connectivity index is 1.74. The molecule has 2 atom stereocenters. The molecule has 2 aromatic rings. The summed E-state index contributed by atoms with van der Waals surface area (Å²) in [5, 5.41) is 10.2. The number of halogens is 1. The van der Waals surface area contributed by atoms with Gasteiger partial charge in [0, 0.05) is 10.0 Å². The third kappa shape index (κ3) is 2.91. The zero-order valence-corrected chi connectivity index (χ0v) is 12.7. The first-order chi connectivity index (χ1) is 10.1. The van der Waals surface area contributed by atoms with Gasteiger partial charge in [-0.1, -0.05) is 52.3 Å². The van der Waals surface area contributed by atoms with E-state index >= 15 is 0 Å². The van der Waals surface area contributed by atoms with Gasteiger partial charge in [0.05, 0.1) is 0 Å². The highest BCUT2D eigenvalue weighted by Crippen LogP contribution is 2.36. The maximum Gasteiger partial charge on any atom is 0.199 e. The first kappa shape index (κ1) is 14.0. The third-order valence-electron chi connectivity index (χ3n) is 3.37. The molecule has 106 valence electrons. The second-order valence-corrected chi connectivity index (χ2v) is 5.72. The average Bonchev–Trinajstić information content (AvgIpc) is 2.84. The molecule has 1 heterocycles. The van der Waals surface area contributed by atoms with Crippen molar-refractivity contribution in [2.24, 2.45) is 0 Å². The number of para-hydroxylation sites is 1. The predicted molar refractivity (Wildman–Crippen MR) is 84.0 cm³/mol. The molecule has 2 aromatic carbocycles. The van der Waals surface area contributed by atoms with E-state index in [1.807, 2.05) is 36.4 Å². The number of carbonyl (C=O) groups excluding carboxylic acids is 1. The fourth-order valence-corrected chi connectivity index (χ4v) is 2.52. The molecule has 4 heteroatoms. The second-order valence-electron chi connectivity index (χ2n) is 4.81. The fraction of sp³-hybridized carbons (Fsp3) is 0.118. The first-order valence-electron chi connectivity index (χ1n) is 6.56. The average molecular weight is 345 g/mol. The zero-order valence-electron chi connectivity index (χ0n) is 11.1. The molecule has 3 nitrogen and oxygen atoms in total. The van der Waals surface area contributed by atoms with Crippen LogP contribution in [0.2, 0.25) is 0 Å². The number of ether oxygens (including phenoxy) is 1. The summed E-state index contributed by atoms with van der Waals surface area (Å²) in [6.07, 6.45) is 1.38. The van der Waals surface area contributed by atoms with E-state index in [9.17, 15) is 9.90 Å². The Kier molecular flexibility index (Phi) is 3.90. The zero-order chi connectivity index (χ0) is 14.8. The molecule has 0 bridgehead atoms. The standard InChI is InChI=1S/C17H13BrO3/c18-12-8-5-11(6-9-12)7-10-14(19)17-16(20)13-3-1-2-4-15(13)21-17/h1-10,16-17,20H/b10-7+. The van der Waals surface area contributed by atoms with Gasteiger partial charge >= 0.3 is 0 Å². The molecule has 0 fully saturated rings. The number of aliphatic hydroxyl groups excluding tert-OH is 1. The number of carbonyl (C=O) groups is 1. The van der Waals surface area contributed by atoms with Crippen molar-refractivity contribution in [1.29, 1.82) is 0 Å². The van der Waals surface area contributed by atoms with E-state index in [1.165, 1.54) is 6.08 Å². The van der Waals surface area contributed by atoms with Crippen molar-refractivity contribution >= 4 is 27.8 Å². The summed E-state index contributed by atoms with van der Waals surface area (Å²) >= 11 is 3.36. The molecule has 1 aliphatic heterocycles. The van der Waals surface area contributed by atoms with Crippen LogP contribution in [0.1, 0.15) is 17.2 Å². The number of aliphatic hydroxyl groups is 1. The van der Waals surface area contributed by atoms with Gasteiger partial charge in [0.2, 0.25) is 0 Å². The summed E-state index contributed by atoms with van der Waals surface area (Å²) in [6.45, 7) is 0. The lowest BCUT2D eigenvalue weighted by Gasteiger charge is -2.10. The van der Waals surface area contributed by atoms with E-state index in [0.29, 0.717) is 11.3 Å². The van der Waals surface area contributed by atoms with Crippen LogP contribution in [-0.4, -0.2) is 17.0 Å². The Morgan fingerprint density at radius 3 is 2.57 bits per heavy atom. The van der Waals surface area contributed by atoms with Crippen LogP contribution in [0.3, 0.4) is 0 Å². The predicted octanol–water partition coefficient (Wildman–Crippen LogP) is 3.53. The lowest BCUT2D eigenvalue weighted by Crippen LogP contribution is -2.27. The molecule has 0 saturated heterocycles. The maximum atomic E-state index is 12.2. The van der Waals surface area contributed by atoms with Gasteiger partial charge in [-0.2, -0.15) is 0 Å². The Morgan fingerprint density at radius 1 is 1.14 bits per heavy atom. The van der Waals surface area contributed by atoms with Crippen molar-refractivity contribution in [3.63, 3.8) is 0 Å². The fourth-order valence-electron chi connectivity index (χ4n) is 2.26. The highest BCUT2D eigenvalue weighted by molar-refractivity contribution is 9.10. The summed E-state index contributed by atoms with van der Waals surface area (Å²) in [4.78, 5) is 12.2. The van der Waals surface area contributed by atoms with Crippen LogP contribution in [0.4, 0.5) is 0 Å². The number of hydrogen-bond acceptors (Lipinski definition) is 3. The number of rotatable bonds is 3. The Bertz CT molecular complexity index is 691. The number of hydrogen-bond donors (Lipinski definition) is 1. The molecule has 0 radical (unpaired) electrons. The molecule has 1 N–H and O–H groups in total. The molecule has 0 aromatic heterocycles. The molecular weight excluding hydrogens is 332 g/mol. The molecule has 0 aliphatic carbocycles. The number of benzene rings is 2. The van der Waals surface area contributed by atoms with Crippen LogP contribution in [0.15, 0.2) is 59.1 Å². The maximum absolute atomic E-state index is 12.2. The molecular formula is C17H13BrO3. The molecule has 2 unspecified atom stereocenters. The molecule has 1 aliphatic rings. The minimum atomic E-state index is -0.914. The summed E-state index contributed by atoms with van der Waals surface area (Å²) in [5.41, 5.74) is 1.57. The quantitative estimate of drug-likeness (QED) is 0.866. The molecule has 0 saturated carbocycles. The van der Waals surface area contributed by atoms with Gasteiger partial charge in [-0.15, -0.1) is 0 Å². The lowest BCUT2D eigenvalue weighted by atomic mass is 10.0. The Labute approximate surface area is 131 Å². The van der Waals surface area contributed by atoms with E-state index in [2.05, 4.69) is 15.9 Å². The highest BCUT2D eigenvalue weighted by Gasteiger charge is 2.36. The van der Waals surface area contributed by atoms with Gasteiger partial charge in [0.15, 0.2) is 11.9 Å². The Hall–Kier alpha value is -1.91. The van der Waals surface area contributed by atoms with E-state index in [1.54, 1.807) is 18.2 Å². The van der Waals surface area contributed by atoms with Crippen LogP contribution in [0.25, 0.3) is 6.08 Å². The number of fused-ring (bicyclic) bond motifs is 1. The van der Waals surface area contributed by atoms with Crippen LogP contribution in [-0.2, 0) is 4.79 Å². The lowest BCUT2D eigenvalue weighted by molar-refractivity contribution is -0.124. The summed E-state index contributed by atoms with van der Waals surface area (Å²) < 4.78 is 6.51. The van der Waals surface area contributed by atoms with Crippen molar-refractivity contribution in [2.75, 3.05) is 0 Å². The summed E-state index contributed by atoms with van der Waals surface area (Å²) in [5.74, 6) is 0.321. The Morgan fingerprint density at radius 2 is 1.86 bits per heavy atom. The monoisotopic (exact) mass is 344 g/mol. The van der Waals surface area contributed by atoms with E-state index in [4.69, 9.17) is 4.74 Å². The van der Waals surface area contributed by atoms with Crippen LogP contribution in [0.5, 0.6) is 5.75 Å². The molecule has 0 amide bonds. The van der Waals surface area contributed by atoms with Gasteiger partial charge in [-0.25, -0.2) is 0 Å². The van der Waals surface area contributed by atoms with Crippen LogP contribution in [0, 0.1) is 0 Å². The van der Waals surface area contributed by atoms with Crippen molar-refractivity contribution in [1.82, 2.24) is 0 Å². The van der Waals surface area contributed by atoms with E-state index in [0.717, 1.165) is 10.0 Å². The van der Waals surface area contributed by atoms with Gasteiger partial charge < -0.3 is 9.84 Å². The topological polar surface area (TPSA) is 46.5 Å². The molecule has 0 spiro atoms.